The number of rotatable bonds is 6. The summed E-state index contributed by atoms with van der Waals surface area (Å²) in [5, 5.41) is 9.67. The molecule has 1 N–H and O–H groups in total. The third-order valence-electron chi connectivity index (χ3n) is 4.30. The zero-order valence-electron chi connectivity index (χ0n) is 15.7. The SMILES string of the molecule is CN(Cc1ccc(C(C)(O)C(F)(F)F)cn1)C(=O)c1c(N(C)C=O)ncn1C. The van der Waals surface area contributed by atoms with Crippen molar-refractivity contribution in [1.82, 2.24) is 19.4 Å². The van der Waals surface area contributed by atoms with Crippen LogP contribution in [0.25, 0.3) is 0 Å². The highest BCUT2D eigenvalue weighted by Gasteiger charge is 2.51. The number of nitrogens with zero attached hydrogens (tertiary/aromatic N) is 5. The van der Waals surface area contributed by atoms with Crippen molar-refractivity contribution in [1.29, 1.82) is 0 Å². The number of aromatic nitrogens is 3. The van der Waals surface area contributed by atoms with Crippen LogP contribution < -0.4 is 4.90 Å². The Labute approximate surface area is 159 Å². The van der Waals surface area contributed by atoms with Gasteiger partial charge in [0.15, 0.2) is 17.1 Å². The lowest BCUT2D eigenvalue weighted by molar-refractivity contribution is -0.259. The van der Waals surface area contributed by atoms with E-state index in [1.165, 1.54) is 36.0 Å². The molecule has 152 valence electrons. The molecular weight excluding hydrogens is 379 g/mol. The van der Waals surface area contributed by atoms with Gasteiger partial charge in [-0.25, -0.2) is 4.98 Å². The van der Waals surface area contributed by atoms with Gasteiger partial charge in [0, 0.05) is 32.9 Å². The van der Waals surface area contributed by atoms with Gasteiger partial charge in [0.2, 0.25) is 6.41 Å². The second kappa shape index (κ2) is 7.58. The fraction of sp³-hybridized carbons (Fsp3) is 0.412. The zero-order chi connectivity index (χ0) is 21.3. The molecule has 0 spiro atoms. The van der Waals surface area contributed by atoms with Crippen LogP contribution in [-0.2, 0) is 24.0 Å². The van der Waals surface area contributed by atoms with E-state index in [1.54, 1.807) is 7.05 Å². The molecule has 28 heavy (non-hydrogen) atoms. The Kier molecular flexibility index (Phi) is 5.78. The molecule has 1 atom stereocenters. The number of aryl methyl sites for hydroxylation is 1. The number of alkyl halides is 3. The predicted octanol–water partition coefficient (Wildman–Crippen LogP) is 1.45. The molecule has 2 heterocycles. The Morgan fingerprint density at radius 2 is 1.93 bits per heavy atom. The van der Waals surface area contributed by atoms with Crippen molar-refractivity contribution in [3.05, 3.63) is 41.6 Å². The van der Waals surface area contributed by atoms with Gasteiger partial charge in [-0.3, -0.25) is 14.6 Å². The molecule has 0 bridgehead atoms. The van der Waals surface area contributed by atoms with Gasteiger partial charge in [0.05, 0.1) is 18.6 Å². The number of anilines is 1. The lowest BCUT2D eigenvalue weighted by Crippen LogP contribution is -2.39. The maximum Gasteiger partial charge on any atom is 0.421 e. The number of hydrogen-bond donors (Lipinski definition) is 1. The highest BCUT2D eigenvalue weighted by Crippen LogP contribution is 2.38. The first kappa shape index (κ1) is 21.4. The van der Waals surface area contributed by atoms with Crippen LogP contribution in [0, 0.1) is 0 Å². The molecule has 2 rings (SSSR count). The minimum Gasteiger partial charge on any atom is -0.376 e. The smallest absolute Gasteiger partial charge is 0.376 e. The second-order valence-electron chi connectivity index (χ2n) is 6.51. The van der Waals surface area contributed by atoms with Crippen LogP contribution in [0.15, 0.2) is 24.7 Å². The molecule has 0 fully saturated rings. The van der Waals surface area contributed by atoms with E-state index in [2.05, 4.69) is 9.97 Å². The monoisotopic (exact) mass is 399 g/mol. The highest BCUT2D eigenvalue weighted by atomic mass is 19.4. The van der Waals surface area contributed by atoms with Gasteiger partial charge in [-0.1, -0.05) is 6.07 Å². The summed E-state index contributed by atoms with van der Waals surface area (Å²) in [6.07, 6.45) is -2.01. The van der Waals surface area contributed by atoms with Crippen molar-refractivity contribution in [3.63, 3.8) is 0 Å². The maximum atomic E-state index is 12.9. The van der Waals surface area contributed by atoms with Gasteiger partial charge in [0.25, 0.3) is 5.91 Å². The van der Waals surface area contributed by atoms with E-state index in [0.29, 0.717) is 19.0 Å². The van der Waals surface area contributed by atoms with E-state index >= 15 is 0 Å². The molecule has 1 unspecified atom stereocenters. The highest BCUT2D eigenvalue weighted by molar-refractivity contribution is 5.99. The average Bonchev–Trinajstić information content (AvgIpc) is 3.01. The van der Waals surface area contributed by atoms with Gasteiger partial charge in [0.1, 0.15) is 0 Å². The Morgan fingerprint density at radius 3 is 2.43 bits per heavy atom. The maximum absolute atomic E-state index is 12.9. The first-order valence-electron chi connectivity index (χ1n) is 8.09. The third-order valence-corrected chi connectivity index (χ3v) is 4.30. The van der Waals surface area contributed by atoms with Gasteiger partial charge in [-0.15, -0.1) is 0 Å². The van der Waals surface area contributed by atoms with E-state index in [-0.39, 0.29) is 18.1 Å². The Balaban J connectivity index is 2.20. The number of hydrogen-bond acceptors (Lipinski definition) is 5. The van der Waals surface area contributed by atoms with E-state index in [1.807, 2.05) is 0 Å². The van der Waals surface area contributed by atoms with E-state index in [4.69, 9.17) is 0 Å². The normalized spacial score (nSPS) is 13.7. The van der Waals surface area contributed by atoms with E-state index in [0.717, 1.165) is 17.2 Å². The molecule has 0 saturated heterocycles. The molecule has 0 aliphatic carbocycles. The van der Waals surface area contributed by atoms with Crippen LogP contribution in [0.5, 0.6) is 0 Å². The van der Waals surface area contributed by atoms with Gasteiger partial charge < -0.3 is 19.5 Å². The van der Waals surface area contributed by atoms with Crippen LogP contribution in [0.4, 0.5) is 19.0 Å². The van der Waals surface area contributed by atoms with Crippen molar-refractivity contribution in [2.24, 2.45) is 7.05 Å². The topological polar surface area (TPSA) is 91.6 Å². The lowest BCUT2D eigenvalue weighted by Gasteiger charge is -2.26. The number of pyridine rings is 1. The van der Waals surface area contributed by atoms with Crippen molar-refractivity contribution in [3.8, 4) is 0 Å². The standard InChI is InChI=1S/C17H20F3N5O3/c1-16(28,17(18,19)20)11-5-6-12(21-7-11)8-23(2)15(27)13-14(25(4)10-26)22-9-24(13)3/h5-7,9-10,28H,8H2,1-4H3. The molecular formula is C17H20F3N5O3. The molecule has 0 aliphatic heterocycles. The summed E-state index contributed by atoms with van der Waals surface area (Å²) in [7, 11) is 4.54. The largest absolute Gasteiger partial charge is 0.421 e. The molecule has 0 radical (unpaired) electrons. The molecule has 2 amide bonds. The molecule has 0 saturated carbocycles. The number of aliphatic hydroxyl groups is 1. The van der Waals surface area contributed by atoms with Crippen LogP contribution in [0.2, 0.25) is 0 Å². The van der Waals surface area contributed by atoms with Crippen molar-refractivity contribution < 1.29 is 27.9 Å². The summed E-state index contributed by atoms with van der Waals surface area (Å²) in [6.45, 7) is 0.648. The number of carbonyl (C=O) groups is 2. The number of amides is 2. The quantitative estimate of drug-likeness (QED) is 0.743. The first-order valence-corrected chi connectivity index (χ1v) is 8.09. The Hall–Kier alpha value is -2.95. The fourth-order valence-corrected chi connectivity index (χ4v) is 2.44. The van der Waals surface area contributed by atoms with Crippen LogP contribution in [0.3, 0.4) is 0 Å². The van der Waals surface area contributed by atoms with E-state index < -0.39 is 23.2 Å². The third kappa shape index (κ3) is 3.98. The summed E-state index contributed by atoms with van der Waals surface area (Å²) >= 11 is 0. The fourth-order valence-electron chi connectivity index (χ4n) is 2.44. The minimum absolute atomic E-state index is 0.00268. The van der Waals surface area contributed by atoms with Crippen LogP contribution in [0.1, 0.15) is 28.7 Å². The molecule has 8 nitrogen and oxygen atoms in total. The average molecular weight is 399 g/mol. The number of halogens is 3. The zero-order valence-corrected chi connectivity index (χ0v) is 15.7. The van der Waals surface area contributed by atoms with Crippen molar-refractivity contribution >= 4 is 18.1 Å². The molecule has 0 aliphatic rings. The lowest BCUT2D eigenvalue weighted by atomic mass is 9.97. The number of carbonyl (C=O) groups excluding carboxylic acids is 2. The minimum atomic E-state index is -4.84. The molecule has 11 heteroatoms. The summed E-state index contributed by atoms with van der Waals surface area (Å²) in [4.78, 5) is 34.1. The van der Waals surface area contributed by atoms with E-state index in [9.17, 15) is 27.9 Å². The van der Waals surface area contributed by atoms with Gasteiger partial charge in [-0.2, -0.15) is 13.2 Å². The summed E-state index contributed by atoms with van der Waals surface area (Å²) in [5.74, 6) is -0.268. The van der Waals surface area contributed by atoms with Crippen LogP contribution in [-0.4, -0.2) is 57.1 Å². The molecule has 2 aromatic heterocycles. The summed E-state index contributed by atoms with van der Waals surface area (Å²) < 4.78 is 40.1. The Bertz CT molecular complexity index is 862. The predicted molar refractivity (Wildman–Crippen MR) is 93.3 cm³/mol. The van der Waals surface area contributed by atoms with Gasteiger partial charge in [-0.05, 0) is 13.0 Å². The van der Waals surface area contributed by atoms with Crippen LogP contribution >= 0.6 is 0 Å². The molecule has 0 aromatic carbocycles. The van der Waals surface area contributed by atoms with Crippen molar-refractivity contribution in [2.45, 2.75) is 25.2 Å². The van der Waals surface area contributed by atoms with Gasteiger partial charge >= 0.3 is 6.18 Å². The number of imidazole rings is 1. The summed E-state index contributed by atoms with van der Waals surface area (Å²) in [6, 6.07) is 2.42. The first-order chi connectivity index (χ1) is 12.9. The second-order valence-corrected chi connectivity index (χ2v) is 6.51. The Morgan fingerprint density at radius 1 is 1.29 bits per heavy atom. The van der Waals surface area contributed by atoms with Crippen molar-refractivity contribution in [2.75, 3.05) is 19.0 Å². The summed E-state index contributed by atoms with van der Waals surface area (Å²) in [5.41, 5.74) is -2.93. The molecule has 2 aromatic rings.